The van der Waals surface area contributed by atoms with Gasteiger partial charge in [-0.3, -0.25) is 9.59 Å². The molecule has 1 rings (SSSR count). The van der Waals surface area contributed by atoms with Crippen molar-refractivity contribution < 1.29 is 0 Å². The summed E-state index contributed by atoms with van der Waals surface area (Å²) in [7, 11) is 5.41. The summed E-state index contributed by atoms with van der Waals surface area (Å²) in [5.74, 6) is 0. The SMILES string of the molecule is CN(C)CCn1ccn(C)c(=O)c1=O. The lowest BCUT2D eigenvalue weighted by molar-refractivity contribution is 0.379. The number of nitrogens with zero attached hydrogens (tertiary/aromatic N) is 3. The van der Waals surface area contributed by atoms with E-state index in [4.69, 9.17) is 0 Å². The summed E-state index contributed by atoms with van der Waals surface area (Å²) < 4.78 is 2.72. The predicted molar refractivity (Wildman–Crippen MR) is 54.5 cm³/mol. The van der Waals surface area contributed by atoms with Gasteiger partial charge < -0.3 is 14.0 Å². The number of hydrogen-bond donors (Lipinski definition) is 0. The minimum Gasteiger partial charge on any atom is -0.312 e. The Balaban J connectivity index is 2.95. The average Bonchev–Trinajstić information content (AvgIpc) is 2.13. The van der Waals surface area contributed by atoms with Crippen LogP contribution >= 0.6 is 0 Å². The smallest absolute Gasteiger partial charge is 0.312 e. The van der Waals surface area contributed by atoms with Crippen molar-refractivity contribution in [1.29, 1.82) is 0 Å². The van der Waals surface area contributed by atoms with E-state index in [-0.39, 0.29) is 0 Å². The Morgan fingerprint density at radius 2 is 1.86 bits per heavy atom. The van der Waals surface area contributed by atoms with Crippen LogP contribution in [-0.4, -0.2) is 34.7 Å². The van der Waals surface area contributed by atoms with Gasteiger partial charge in [0.2, 0.25) is 0 Å². The van der Waals surface area contributed by atoms with Gasteiger partial charge in [0.05, 0.1) is 0 Å². The fourth-order valence-electron chi connectivity index (χ4n) is 1.07. The zero-order valence-electron chi connectivity index (χ0n) is 8.73. The molecule has 5 heteroatoms. The van der Waals surface area contributed by atoms with Crippen molar-refractivity contribution in [3.63, 3.8) is 0 Å². The first kappa shape index (κ1) is 10.7. The van der Waals surface area contributed by atoms with Crippen LogP contribution in [0.3, 0.4) is 0 Å². The monoisotopic (exact) mass is 197 g/mol. The number of rotatable bonds is 3. The van der Waals surface area contributed by atoms with E-state index < -0.39 is 11.1 Å². The van der Waals surface area contributed by atoms with Crippen LogP contribution in [0.2, 0.25) is 0 Å². The van der Waals surface area contributed by atoms with Gasteiger partial charge in [-0.15, -0.1) is 0 Å². The fraction of sp³-hybridized carbons (Fsp3) is 0.556. The van der Waals surface area contributed by atoms with E-state index in [0.29, 0.717) is 6.54 Å². The Bertz CT molecular complexity index is 417. The highest BCUT2D eigenvalue weighted by molar-refractivity contribution is 4.84. The molecule has 0 N–H and O–H groups in total. The van der Waals surface area contributed by atoms with Crippen LogP contribution in [0.4, 0.5) is 0 Å². The van der Waals surface area contributed by atoms with E-state index in [0.717, 1.165) is 6.54 Å². The van der Waals surface area contributed by atoms with Crippen LogP contribution in [0.15, 0.2) is 22.0 Å². The lowest BCUT2D eigenvalue weighted by Gasteiger charge is -2.10. The summed E-state index contributed by atoms with van der Waals surface area (Å²) in [5.41, 5.74) is -0.942. The van der Waals surface area contributed by atoms with Gasteiger partial charge in [-0.1, -0.05) is 0 Å². The average molecular weight is 197 g/mol. The van der Waals surface area contributed by atoms with Gasteiger partial charge in [-0.05, 0) is 14.1 Å². The molecule has 1 heterocycles. The van der Waals surface area contributed by atoms with Crippen LogP contribution in [0.1, 0.15) is 0 Å². The summed E-state index contributed by atoms with van der Waals surface area (Å²) >= 11 is 0. The largest absolute Gasteiger partial charge is 0.316 e. The first-order chi connectivity index (χ1) is 6.52. The molecule has 0 bridgehead atoms. The molecule has 0 radical (unpaired) electrons. The second-order valence-electron chi connectivity index (χ2n) is 3.52. The molecule has 0 aliphatic heterocycles. The number of likely N-dealkylation sites (N-methyl/N-ethyl adjacent to an activating group) is 1. The summed E-state index contributed by atoms with van der Waals surface area (Å²) in [5, 5.41) is 0. The van der Waals surface area contributed by atoms with Gasteiger partial charge in [-0.2, -0.15) is 0 Å². The first-order valence-corrected chi connectivity index (χ1v) is 4.43. The second kappa shape index (κ2) is 4.23. The number of aryl methyl sites for hydroxylation is 1. The molecule has 1 aromatic heterocycles. The highest BCUT2D eigenvalue weighted by Gasteiger charge is 2.01. The summed E-state index contributed by atoms with van der Waals surface area (Å²) in [6.45, 7) is 1.29. The van der Waals surface area contributed by atoms with Crippen LogP contribution in [0, 0.1) is 0 Å². The molecule has 0 aromatic carbocycles. The molecule has 0 fully saturated rings. The molecule has 0 atom stereocenters. The minimum atomic E-state index is -0.480. The first-order valence-electron chi connectivity index (χ1n) is 4.43. The topological polar surface area (TPSA) is 47.2 Å². The van der Waals surface area contributed by atoms with Gasteiger partial charge in [0.1, 0.15) is 0 Å². The number of aromatic nitrogens is 2. The Labute approximate surface area is 82.2 Å². The molecule has 0 spiro atoms. The van der Waals surface area contributed by atoms with Crippen molar-refractivity contribution >= 4 is 0 Å². The van der Waals surface area contributed by atoms with E-state index >= 15 is 0 Å². The van der Waals surface area contributed by atoms with Crippen LogP contribution in [0.5, 0.6) is 0 Å². The van der Waals surface area contributed by atoms with Gasteiger partial charge in [-0.25, -0.2) is 0 Å². The van der Waals surface area contributed by atoms with Crippen LogP contribution in [-0.2, 0) is 13.6 Å². The van der Waals surface area contributed by atoms with E-state index in [1.807, 2.05) is 19.0 Å². The molecular weight excluding hydrogens is 182 g/mol. The molecule has 14 heavy (non-hydrogen) atoms. The Kier molecular flexibility index (Phi) is 3.24. The van der Waals surface area contributed by atoms with Crippen molar-refractivity contribution in [3.8, 4) is 0 Å². The van der Waals surface area contributed by atoms with Crippen molar-refractivity contribution in [2.24, 2.45) is 7.05 Å². The van der Waals surface area contributed by atoms with Crippen LogP contribution in [0.25, 0.3) is 0 Å². The lowest BCUT2D eigenvalue weighted by atomic mass is 10.5. The molecule has 1 aromatic rings. The third-order valence-corrected chi connectivity index (χ3v) is 2.02. The Morgan fingerprint density at radius 1 is 1.21 bits per heavy atom. The Morgan fingerprint density at radius 3 is 2.43 bits per heavy atom. The molecule has 78 valence electrons. The van der Waals surface area contributed by atoms with E-state index in [1.54, 1.807) is 19.4 Å². The lowest BCUT2D eigenvalue weighted by Crippen LogP contribution is -2.40. The van der Waals surface area contributed by atoms with Crippen molar-refractivity contribution in [1.82, 2.24) is 14.0 Å². The van der Waals surface area contributed by atoms with Crippen LogP contribution < -0.4 is 11.1 Å². The Hall–Kier alpha value is -1.36. The number of hydrogen-bond acceptors (Lipinski definition) is 3. The van der Waals surface area contributed by atoms with E-state index in [9.17, 15) is 9.59 Å². The minimum absolute atomic E-state index is 0.461. The highest BCUT2D eigenvalue weighted by atomic mass is 16.2. The van der Waals surface area contributed by atoms with Crippen molar-refractivity contribution in [3.05, 3.63) is 33.1 Å². The third kappa shape index (κ3) is 2.32. The summed E-state index contributed by atoms with van der Waals surface area (Å²) in [4.78, 5) is 24.6. The van der Waals surface area contributed by atoms with E-state index in [1.165, 1.54) is 9.13 Å². The summed E-state index contributed by atoms with van der Waals surface area (Å²) in [6, 6.07) is 0. The standard InChI is InChI=1S/C9H15N3O2/c1-10(2)4-6-12-7-5-11(3)8(13)9(12)14/h5,7H,4,6H2,1-3H3. The van der Waals surface area contributed by atoms with Gasteiger partial charge in [0.15, 0.2) is 0 Å². The summed E-state index contributed by atoms with van der Waals surface area (Å²) in [6.07, 6.45) is 3.23. The molecule has 0 saturated heterocycles. The fourth-order valence-corrected chi connectivity index (χ4v) is 1.07. The van der Waals surface area contributed by atoms with Gasteiger partial charge in [0, 0.05) is 32.5 Å². The molecule has 0 aliphatic carbocycles. The maximum absolute atomic E-state index is 11.4. The molecule has 0 amide bonds. The zero-order valence-corrected chi connectivity index (χ0v) is 8.73. The molecule has 0 aliphatic rings. The predicted octanol–water partition coefficient (Wildman–Crippen LogP) is -0.891. The maximum atomic E-state index is 11.4. The second-order valence-corrected chi connectivity index (χ2v) is 3.52. The molecule has 5 nitrogen and oxygen atoms in total. The zero-order chi connectivity index (χ0) is 10.7. The molecule has 0 saturated carbocycles. The van der Waals surface area contributed by atoms with Gasteiger partial charge in [0.25, 0.3) is 0 Å². The highest BCUT2D eigenvalue weighted by Crippen LogP contribution is 1.81. The molecule has 0 unspecified atom stereocenters. The van der Waals surface area contributed by atoms with Gasteiger partial charge >= 0.3 is 11.1 Å². The maximum Gasteiger partial charge on any atom is 0.316 e. The van der Waals surface area contributed by atoms with E-state index in [2.05, 4.69) is 0 Å². The van der Waals surface area contributed by atoms with Crippen molar-refractivity contribution in [2.75, 3.05) is 20.6 Å². The third-order valence-electron chi connectivity index (χ3n) is 2.02. The van der Waals surface area contributed by atoms with Crippen molar-refractivity contribution in [2.45, 2.75) is 6.54 Å². The molecular formula is C9H15N3O2. The normalized spacial score (nSPS) is 10.9. The quantitative estimate of drug-likeness (QED) is 0.590.